The topological polar surface area (TPSA) is 93.2 Å². The van der Waals surface area contributed by atoms with Crippen molar-refractivity contribution in [3.05, 3.63) is 43.3 Å². The van der Waals surface area contributed by atoms with Gasteiger partial charge in [-0.3, -0.25) is 29.0 Å². The number of ether oxygens (including phenoxy) is 2. The number of hydrogen-bond acceptors (Lipinski definition) is 6. The van der Waals surface area contributed by atoms with Crippen LogP contribution in [0.1, 0.15) is 67.1 Å². The van der Waals surface area contributed by atoms with E-state index in [4.69, 9.17) is 9.47 Å². The van der Waals surface area contributed by atoms with E-state index in [1.165, 1.54) is 9.80 Å². The van der Waals surface area contributed by atoms with E-state index in [1.54, 1.807) is 12.1 Å². The molecule has 0 aromatic heterocycles. The predicted molar refractivity (Wildman–Crippen MR) is 128 cm³/mol. The average molecular weight is 592 g/mol. The first kappa shape index (κ1) is 22.3. The van der Waals surface area contributed by atoms with Crippen molar-refractivity contribution in [2.45, 2.75) is 37.9 Å². The zero-order chi connectivity index (χ0) is 23.7. The molecule has 0 radical (unpaired) electrons. The Hall–Kier alpha value is -2.14. The molecule has 4 aliphatic heterocycles. The molecular formula is C24H20Br2N2O6. The molecule has 2 unspecified atom stereocenters. The molecule has 4 aliphatic rings. The Morgan fingerprint density at radius 2 is 1.12 bits per heavy atom. The molecule has 0 bridgehead atoms. The van der Waals surface area contributed by atoms with Gasteiger partial charge in [-0.05, 0) is 69.7 Å². The summed E-state index contributed by atoms with van der Waals surface area (Å²) in [7, 11) is 0. The van der Waals surface area contributed by atoms with Crippen LogP contribution in [0.15, 0.2) is 21.1 Å². The van der Waals surface area contributed by atoms with Gasteiger partial charge in [-0.25, -0.2) is 0 Å². The standard InChI is InChI=1S/C24H20Br2N2O6/c25-15-8-14-18-17-13(21(29)27(23(31)19(15)17)9-11-3-1-5-33-11)7-16(26)20(18)24(32)28(22(14)30)10-12-4-2-6-34-12/h7-8,11-12H,1-6,9-10H2. The van der Waals surface area contributed by atoms with Crippen molar-refractivity contribution in [2.75, 3.05) is 26.3 Å². The largest absolute Gasteiger partial charge is 0.376 e. The van der Waals surface area contributed by atoms with Gasteiger partial charge in [0, 0.05) is 44.1 Å². The van der Waals surface area contributed by atoms with Gasteiger partial charge in [-0.15, -0.1) is 0 Å². The minimum absolute atomic E-state index is 0.166. The molecule has 176 valence electrons. The highest BCUT2D eigenvalue weighted by Gasteiger charge is 2.43. The van der Waals surface area contributed by atoms with Crippen molar-refractivity contribution in [3.8, 4) is 0 Å². The summed E-state index contributed by atoms with van der Waals surface area (Å²) in [5.74, 6) is -1.82. The zero-order valence-electron chi connectivity index (χ0n) is 18.1. The molecule has 34 heavy (non-hydrogen) atoms. The Kier molecular flexibility index (Phi) is 5.40. The molecule has 0 saturated carbocycles. The molecule has 0 spiro atoms. The lowest BCUT2D eigenvalue weighted by Crippen LogP contribution is -2.47. The van der Waals surface area contributed by atoms with Gasteiger partial charge in [-0.1, -0.05) is 0 Å². The second-order valence-electron chi connectivity index (χ2n) is 9.02. The van der Waals surface area contributed by atoms with E-state index in [0.717, 1.165) is 25.7 Å². The monoisotopic (exact) mass is 590 g/mol. The smallest absolute Gasteiger partial charge is 0.262 e. The van der Waals surface area contributed by atoms with Gasteiger partial charge in [-0.2, -0.15) is 0 Å². The Morgan fingerprint density at radius 3 is 1.47 bits per heavy atom. The number of carbonyl (C=O) groups excluding carboxylic acids is 4. The van der Waals surface area contributed by atoms with Gasteiger partial charge >= 0.3 is 0 Å². The van der Waals surface area contributed by atoms with Crippen molar-refractivity contribution in [1.82, 2.24) is 9.80 Å². The van der Waals surface area contributed by atoms with Gasteiger partial charge < -0.3 is 9.47 Å². The lowest BCUT2D eigenvalue weighted by molar-refractivity contribution is 0.0423. The van der Waals surface area contributed by atoms with E-state index in [2.05, 4.69) is 31.9 Å². The van der Waals surface area contributed by atoms with Crippen LogP contribution in [0.4, 0.5) is 0 Å². The minimum Gasteiger partial charge on any atom is -0.376 e. The van der Waals surface area contributed by atoms with Crippen molar-refractivity contribution >= 4 is 66.3 Å². The SMILES string of the molecule is O=C1c2cc(Br)c3c4c(cc(Br)c(c24)C(=O)N1CC1CCCO1)C(=O)N(CC1CCCO1)C3=O. The molecule has 2 saturated heterocycles. The van der Waals surface area contributed by atoms with Crippen molar-refractivity contribution in [3.63, 3.8) is 0 Å². The van der Waals surface area contributed by atoms with Crippen LogP contribution in [0.2, 0.25) is 0 Å². The molecular weight excluding hydrogens is 572 g/mol. The fraction of sp³-hybridized carbons (Fsp3) is 0.417. The average Bonchev–Trinajstić information content (AvgIpc) is 3.51. The summed E-state index contributed by atoms with van der Waals surface area (Å²) in [4.78, 5) is 56.4. The highest BCUT2D eigenvalue weighted by Crippen LogP contribution is 2.44. The second-order valence-corrected chi connectivity index (χ2v) is 10.7. The lowest BCUT2D eigenvalue weighted by atomic mass is 9.85. The van der Waals surface area contributed by atoms with Crippen LogP contribution < -0.4 is 0 Å². The maximum Gasteiger partial charge on any atom is 0.262 e. The molecule has 8 nitrogen and oxygen atoms in total. The molecule has 10 heteroatoms. The Bertz CT molecular complexity index is 1200. The molecule has 0 N–H and O–H groups in total. The molecule has 4 heterocycles. The molecule has 4 amide bonds. The third-order valence-corrected chi connectivity index (χ3v) is 8.25. The fourth-order valence-corrected chi connectivity index (χ4v) is 6.58. The summed E-state index contributed by atoms with van der Waals surface area (Å²) in [6, 6.07) is 3.18. The molecule has 2 aromatic carbocycles. The third-order valence-electron chi connectivity index (χ3n) is 7.00. The molecule has 2 aromatic rings. The second kappa shape index (κ2) is 8.22. The maximum absolute atomic E-state index is 13.5. The summed E-state index contributed by atoms with van der Waals surface area (Å²) in [6.45, 7) is 1.56. The van der Waals surface area contributed by atoms with Gasteiger partial charge in [0.15, 0.2) is 0 Å². The number of amides is 4. The van der Waals surface area contributed by atoms with E-state index < -0.39 is 23.6 Å². The van der Waals surface area contributed by atoms with E-state index in [-0.39, 0.29) is 47.6 Å². The van der Waals surface area contributed by atoms with Gasteiger partial charge in [0.05, 0.1) is 36.4 Å². The normalized spacial score (nSPS) is 24.2. The van der Waals surface area contributed by atoms with E-state index in [1.807, 2.05) is 0 Å². The maximum atomic E-state index is 13.5. The first-order valence-corrected chi connectivity index (χ1v) is 12.9. The molecule has 2 fully saturated rings. The van der Waals surface area contributed by atoms with Crippen LogP contribution >= 0.6 is 31.9 Å². The first-order chi connectivity index (χ1) is 16.4. The number of imide groups is 2. The lowest BCUT2D eigenvalue weighted by Gasteiger charge is -2.34. The highest BCUT2D eigenvalue weighted by atomic mass is 79.9. The van der Waals surface area contributed by atoms with E-state index >= 15 is 0 Å². The Labute approximate surface area is 211 Å². The highest BCUT2D eigenvalue weighted by molar-refractivity contribution is 9.10. The van der Waals surface area contributed by atoms with Gasteiger partial charge in [0.2, 0.25) is 0 Å². The minimum atomic E-state index is -0.457. The van der Waals surface area contributed by atoms with Crippen LogP contribution in [0, 0.1) is 0 Å². The number of carbonyl (C=O) groups is 4. The number of benzene rings is 2. The fourth-order valence-electron chi connectivity index (χ4n) is 5.39. The zero-order valence-corrected chi connectivity index (χ0v) is 21.2. The number of halogens is 2. The summed E-state index contributed by atoms with van der Waals surface area (Å²) in [5, 5.41) is 0.694. The summed E-state index contributed by atoms with van der Waals surface area (Å²) in [6.07, 6.45) is 2.96. The van der Waals surface area contributed by atoms with E-state index in [9.17, 15) is 19.2 Å². The van der Waals surface area contributed by atoms with Gasteiger partial charge in [0.1, 0.15) is 0 Å². The number of hydrogen-bond donors (Lipinski definition) is 0. The third kappa shape index (κ3) is 3.22. The molecule has 2 atom stereocenters. The van der Waals surface area contributed by atoms with Gasteiger partial charge in [0.25, 0.3) is 23.6 Å². The summed E-state index contributed by atoms with van der Waals surface area (Å²) < 4.78 is 12.1. The van der Waals surface area contributed by atoms with Crippen molar-refractivity contribution in [1.29, 1.82) is 0 Å². The predicted octanol–water partition coefficient (Wildman–Crippen LogP) is 3.91. The first-order valence-electron chi connectivity index (χ1n) is 11.3. The van der Waals surface area contributed by atoms with Crippen LogP contribution in [-0.2, 0) is 9.47 Å². The quantitative estimate of drug-likeness (QED) is 0.501. The summed E-state index contributed by atoms with van der Waals surface area (Å²) >= 11 is 6.95. The van der Waals surface area contributed by atoms with Crippen molar-refractivity contribution < 1.29 is 28.7 Å². The van der Waals surface area contributed by atoms with Crippen LogP contribution in [-0.4, -0.2) is 71.9 Å². The molecule has 0 aliphatic carbocycles. The number of nitrogens with zero attached hydrogens (tertiary/aromatic N) is 2. The van der Waals surface area contributed by atoms with Crippen LogP contribution in [0.3, 0.4) is 0 Å². The number of rotatable bonds is 4. The van der Waals surface area contributed by atoms with Crippen LogP contribution in [0.25, 0.3) is 10.8 Å². The Balaban J connectivity index is 1.51. The van der Waals surface area contributed by atoms with Crippen molar-refractivity contribution in [2.24, 2.45) is 0 Å². The summed E-state index contributed by atoms with van der Waals surface area (Å²) in [5.41, 5.74) is 1.14. The van der Waals surface area contributed by atoms with E-state index in [0.29, 0.717) is 32.9 Å². The molecule has 6 rings (SSSR count). The Morgan fingerprint density at radius 1 is 0.706 bits per heavy atom. The van der Waals surface area contributed by atoms with Crippen LogP contribution in [0.5, 0.6) is 0 Å².